The van der Waals surface area contributed by atoms with Gasteiger partial charge in [0.25, 0.3) is 0 Å². The zero-order chi connectivity index (χ0) is 8.72. The van der Waals surface area contributed by atoms with Gasteiger partial charge in [0.05, 0.1) is 16.1 Å². The van der Waals surface area contributed by atoms with Crippen molar-refractivity contribution in [2.24, 2.45) is 0 Å². The molecule has 0 spiro atoms. The first kappa shape index (κ1) is 7.43. The number of aromatic nitrogens is 1. The Balaban J connectivity index is 2.93. The average Bonchev–Trinajstić information content (AvgIpc) is 2.31. The highest BCUT2D eigenvalue weighted by atomic mass is 35.5. The molecule has 0 fully saturated rings. The third kappa shape index (κ3) is 0.940. The molecule has 62 valence electrons. The number of nitrogen functional groups attached to an aromatic ring is 1. The van der Waals surface area contributed by atoms with Crippen molar-refractivity contribution in [3.63, 3.8) is 0 Å². The first-order valence-electron chi connectivity index (χ1n) is 3.49. The molecule has 0 radical (unpaired) electrons. The molecular formula is C8H7ClN2O. The molecule has 0 saturated heterocycles. The molecule has 0 aliphatic heterocycles. The molecule has 0 aliphatic carbocycles. The zero-order valence-electron chi connectivity index (χ0n) is 6.47. The fraction of sp³-hybridized carbons (Fsp3) is 0.125. The number of nitrogens with zero attached hydrogens (tertiary/aromatic N) is 1. The highest BCUT2D eigenvalue weighted by Gasteiger charge is 2.08. The molecule has 1 aromatic heterocycles. The predicted molar refractivity (Wildman–Crippen MR) is 48.2 cm³/mol. The molecule has 0 aliphatic rings. The maximum Gasteiger partial charge on any atom is 0.170 e. The van der Waals surface area contributed by atoms with Crippen LogP contribution in [0.5, 0.6) is 0 Å². The van der Waals surface area contributed by atoms with Crippen molar-refractivity contribution in [3.05, 3.63) is 22.8 Å². The van der Waals surface area contributed by atoms with Crippen LogP contribution >= 0.6 is 11.6 Å². The summed E-state index contributed by atoms with van der Waals surface area (Å²) < 4.78 is 5.00. The van der Waals surface area contributed by atoms with Crippen molar-refractivity contribution in [2.75, 3.05) is 5.73 Å². The van der Waals surface area contributed by atoms with Gasteiger partial charge in [-0.1, -0.05) is 16.8 Å². The maximum absolute atomic E-state index is 5.93. The summed E-state index contributed by atoms with van der Waals surface area (Å²) in [6.07, 6.45) is 0. The van der Waals surface area contributed by atoms with Crippen LogP contribution in [-0.4, -0.2) is 5.16 Å². The van der Waals surface area contributed by atoms with Gasteiger partial charge < -0.3 is 10.3 Å². The van der Waals surface area contributed by atoms with Crippen molar-refractivity contribution in [2.45, 2.75) is 6.92 Å². The SMILES string of the molecule is Cc1noc2cc(N)cc(Cl)c12. The highest BCUT2D eigenvalue weighted by molar-refractivity contribution is 6.35. The number of hydrogen-bond acceptors (Lipinski definition) is 3. The van der Waals surface area contributed by atoms with Crippen molar-refractivity contribution in [1.82, 2.24) is 5.16 Å². The van der Waals surface area contributed by atoms with Gasteiger partial charge in [-0.05, 0) is 13.0 Å². The van der Waals surface area contributed by atoms with E-state index < -0.39 is 0 Å². The summed E-state index contributed by atoms with van der Waals surface area (Å²) in [5, 5.41) is 5.21. The van der Waals surface area contributed by atoms with E-state index in [1.54, 1.807) is 12.1 Å². The zero-order valence-corrected chi connectivity index (χ0v) is 7.22. The molecule has 1 aromatic carbocycles. The molecule has 2 N–H and O–H groups in total. The van der Waals surface area contributed by atoms with Gasteiger partial charge in [-0.25, -0.2) is 0 Å². The smallest absolute Gasteiger partial charge is 0.170 e. The van der Waals surface area contributed by atoms with Crippen LogP contribution in [0.4, 0.5) is 5.69 Å². The Bertz CT molecular complexity index is 436. The Kier molecular flexibility index (Phi) is 1.48. The minimum atomic E-state index is 0.587. The lowest BCUT2D eigenvalue weighted by molar-refractivity contribution is 0.450. The largest absolute Gasteiger partial charge is 0.399 e. The molecule has 2 aromatic rings. The summed E-state index contributed by atoms with van der Waals surface area (Å²) in [4.78, 5) is 0. The molecular weight excluding hydrogens is 176 g/mol. The van der Waals surface area contributed by atoms with E-state index in [0.717, 1.165) is 11.1 Å². The van der Waals surface area contributed by atoms with Gasteiger partial charge in [-0.15, -0.1) is 0 Å². The van der Waals surface area contributed by atoms with Gasteiger partial charge in [0, 0.05) is 11.8 Å². The van der Waals surface area contributed by atoms with Crippen LogP contribution in [-0.2, 0) is 0 Å². The first-order chi connectivity index (χ1) is 5.68. The molecule has 0 atom stereocenters. The van der Waals surface area contributed by atoms with E-state index in [2.05, 4.69) is 5.16 Å². The van der Waals surface area contributed by atoms with Gasteiger partial charge >= 0.3 is 0 Å². The fourth-order valence-electron chi connectivity index (χ4n) is 1.19. The second-order valence-electron chi connectivity index (χ2n) is 2.64. The monoisotopic (exact) mass is 182 g/mol. The van der Waals surface area contributed by atoms with Gasteiger partial charge in [0.2, 0.25) is 0 Å². The minimum Gasteiger partial charge on any atom is -0.399 e. The lowest BCUT2D eigenvalue weighted by atomic mass is 10.2. The number of fused-ring (bicyclic) bond motifs is 1. The standard InChI is InChI=1S/C8H7ClN2O/c1-4-8-6(9)2-5(10)3-7(8)12-11-4/h2-3H,10H2,1H3. The molecule has 0 saturated carbocycles. The second-order valence-corrected chi connectivity index (χ2v) is 3.05. The van der Waals surface area contributed by atoms with Crippen LogP contribution < -0.4 is 5.73 Å². The van der Waals surface area contributed by atoms with E-state index in [4.69, 9.17) is 21.9 Å². The molecule has 4 heteroatoms. The highest BCUT2D eigenvalue weighted by Crippen LogP contribution is 2.28. The number of hydrogen-bond donors (Lipinski definition) is 1. The van der Waals surface area contributed by atoms with E-state index in [-0.39, 0.29) is 0 Å². The van der Waals surface area contributed by atoms with E-state index in [1.807, 2.05) is 6.92 Å². The van der Waals surface area contributed by atoms with Crippen molar-refractivity contribution in [1.29, 1.82) is 0 Å². The van der Waals surface area contributed by atoms with Crippen LogP contribution in [0.15, 0.2) is 16.7 Å². The van der Waals surface area contributed by atoms with Gasteiger partial charge in [-0.2, -0.15) is 0 Å². The topological polar surface area (TPSA) is 52.0 Å². The van der Waals surface area contributed by atoms with E-state index in [9.17, 15) is 0 Å². The maximum atomic E-state index is 5.93. The van der Waals surface area contributed by atoms with Gasteiger partial charge in [0.15, 0.2) is 5.58 Å². The van der Waals surface area contributed by atoms with Crippen LogP contribution in [0.2, 0.25) is 5.02 Å². The molecule has 0 amide bonds. The molecule has 12 heavy (non-hydrogen) atoms. The number of nitrogens with two attached hydrogens (primary N) is 1. The van der Waals surface area contributed by atoms with Crippen LogP contribution in [0, 0.1) is 6.92 Å². The number of benzene rings is 1. The van der Waals surface area contributed by atoms with E-state index in [0.29, 0.717) is 16.3 Å². The fourth-order valence-corrected chi connectivity index (χ4v) is 1.54. The Labute approximate surface area is 74.1 Å². The third-order valence-corrected chi connectivity index (χ3v) is 2.02. The average molecular weight is 183 g/mol. The number of aryl methyl sites for hydroxylation is 1. The second kappa shape index (κ2) is 2.38. The number of rotatable bonds is 0. The summed E-state index contributed by atoms with van der Waals surface area (Å²) in [6, 6.07) is 3.40. The molecule has 3 nitrogen and oxygen atoms in total. The molecule has 2 rings (SSSR count). The molecule has 0 bridgehead atoms. The quantitative estimate of drug-likeness (QED) is 0.637. The van der Waals surface area contributed by atoms with Crippen LogP contribution in [0.1, 0.15) is 5.69 Å². The molecule has 0 unspecified atom stereocenters. The number of halogens is 1. The Hall–Kier alpha value is -1.22. The third-order valence-electron chi connectivity index (χ3n) is 1.72. The predicted octanol–water partition coefficient (Wildman–Crippen LogP) is 2.37. The summed E-state index contributed by atoms with van der Waals surface area (Å²) in [7, 11) is 0. The summed E-state index contributed by atoms with van der Waals surface area (Å²) in [6.45, 7) is 1.84. The van der Waals surface area contributed by atoms with E-state index >= 15 is 0 Å². The summed E-state index contributed by atoms with van der Waals surface area (Å²) in [5.74, 6) is 0. The summed E-state index contributed by atoms with van der Waals surface area (Å²) in [5.41, 5.74) is 7.57. The van der Waals surface area contributed by atoms with Crippen molar-refractivity contribution in [3.8, 4) is 0 Å². The normalized spacial score (nSPS) is 10.8. The van der Waals surface area contributed by atoms with E-state index in [1.165, 1.54) is 0 Å². The minimum absolute atomic E-state index is 0.587. The van der Waals surface area contributed by atoms with Crippen molar-refractivity contribution < 1.29 is 4.52 Å². The summed E-state index contributed by atoms with van der Waals surface area (Å²) >= 11 is 5.93. The lowest BCUT2D eigenvalue weighted by Crippen LogP contribution is -1.83. The Morgan fingerprint density at radius 2 is 2.25 bits per heavy atom. The number of anilines is 1. The first-order valence-corrected chi connectivity index (χ1v) is 3.87. The Morgan fingerprint density at radius 3 is 3.00 bits per heavy atom. The van der Waals surface area contributed by atoms with Crippen LogP contribution in [0.25, 0.3) is 11.0 Å². The molecule has 1 heterocycles. The van der Waals surface area contributed by atoms with Crippen molar-refractivity contribution >= 4 is 28.3 Å². The lowest BCUT2D eigenvalue weighted by Gasteiger charge is -1.94. The Morgan fingerprint density at radius 1 is 1.50 bits per heavy atom. The van der Waals surface area contributed by atoms with Gasteiger partial charge in [0.1, 0.15) is 0 Å². The van der Waals surface area contributed by atoms with Gasteiger partial charge in [-0.3, -0.25) is 0 Å². The van der Waals surface area contributed by atoms with Crippen LogP contribution in [0.3, 0.4) is 0 Å².